The molecule has 58 valence electrons. The highest BCUT2D eigenvalue weighted by molar-refractivity contribution is 5.17. The van der Waals surface area contributed by atoms with Crippen LogP contribution in [0.5, 0.6) is 0 Å². The van der Waals surface area contributed by atoms with Gasteiger partial charge >= 0.3 is 0 Å². The molecule has 10 heavy (non-hydrogen) atoms. The first-order valence-corrected chi connectivity index (χ1v) is 3.35. The number of aliphatic hydroxyl groups is 3. The summed E-state index contributed by atoms with van der Waals surface area (Å²) < 4.78 is 5.05. The zero-order valence-electron chi connectivity index (χ0n) is 5.40. The average Bonchev–Trinajstić information content (AvgIpc) is 2.51. The minimum Gasteiger partial charge on any atom is -0.394 e. The SMILES string of the molecule is OCC1OC2CC2(O)C1O. The van der Waals surface area contributed by atoms with Gasteiger partial charge in [0.05, 0.1) is 12.7 Å². The van der Waals surface area contributed by atoms with Gasteiger partial charge in [0, 0.05) is 6.42 Å². The molecule has 4 unspecified atom stereocenters. The van der Waals surface area contributed by atoms with E-state index in [1.165, 1.54) is 0 Å². The molecule has 1 saturated heterocycles. The Kier molecular flexibility index (Phi) is 1.12. The smallest absolute Gasteiger partial charge is 0.122 e. The molecule has 4 atom stereocenters. The van der Waals surface area contributed by atoms with Gasteiger partial charge in [0.15, 0.2) is 0 Å². The summed E-state index contributed by atoms with van der Waals surface area (Å²) in [5.41, 5.74) is -1.03. The maximum absolute atomic E-state index is 9.35. The summed E-state index contributed by atoms with van der Waals surface area (Å²) in [7, 11) is 0. The van der Waals surface area contributed by atoms with E-state index in [-0.39, 0.29) is 12.7 Å². The molecule has 2 fully saturated rings. The quantitative estimate of drug-likeness (QED) is 0.410. The maximum Gasteiger partial charge on any atom is 0.122 e. The van der Waals surface area contributed by atoms with Gasteiger partial charge in [-0.15, -0.1) is 0 Å². The number of ether oxygens (including phenoxy) is 1. The minimum absolute atomic E-state index is 0.222. The molecule has 0 bridgehead atoms. The molecule has 0 aromatic rings. The van der Waals surface area contributed by atoms with E-state index in [4.69, 9.17) is 9.84 Å². The lowest BCUT2D eigenvalue weighted by molar-refractivity contribution is -0.0488. The molecule has 0 aromatic carbocycles. The highest BCUT2D eigenvalue weighted by Gasteiger charge is 2.67. The molecule has 3 N–H and O–H groups in total. The Morgan fingerprint density at radius 1 is 1.60 bits per heavy atom. The van der Waals surface area contributed by atoms with E-state index >= 15 is 0 Å². The highest BCUT2D eigenvalue weighted by atomic mass is 16.6. The Hall–Kier alpha value is -0.160. The Bertz CT molecular complexity index is 160. The van der Waals surface area contributed by atoms with Gasteiger partial charge in [-0.3, -0.25) is 0 Å². The van der Waals surface area contributed by atoms with E-state index in [9.17, 15) is 10.2 Å². The van der Waals surface area contributed by atoms with Crippen molar-refractivity contribution >= 4 is 0 Å². The van der Waals surface area contributed by atoms with Crippen molar-refractivity contribution < 1.29 is 20.1 Å². The normalized spacial score (nSPS) is 58.5. The molecule has 1 heterocycles. The second-order valence-corrected chi connectivity index (χ2v) is 2.99. The van der Waals surface area contributed by atoms with Crippen molar-refractivity contribution in [3.63, 3.8) is 0 Å². The third-order valence-electron chi connectivity index (χ3n) is 2.29. The Morgan fingerprint density at radius 2 is 2.30 bits per heavy atom. The molecule has 0 radical (unpaired) electrons. The van der Waals surface area contributed by atoms with Gasteiger partial charge in [-0.25, -0.2) is 0 Å². The van der Waals surface area contributed by atoms with Gasteiger partial charge < -0.3 is 20.1 Å². The van der Waals surface area contributed by atoms with Crippen molar-refractivity contribution in [3.05, 3.63) is 0 Å². The first-order chi connectivity index (χ1) is 4.68. The Labute approximate surface area is 58.0 Å². The van der Waals surface area contributed by atoms with Crippen LogP contribution in [0.15, 0.2) is 0 Å². The topological polar surface area (TPSA) is 69.9 Å². The molecule has 1 aliphatic heterocycles. The van der Waals surface area contributed by atoms with Crippen LogP contribution in [-0.4, -0.2) is 45.8 Å². The first-order valence-electron chi connectivity index (χ1n) is 3.35. The van der Waals surface area contributed by atoms with Crippen LogP contribution in [0.3, 0.4) is 0 Å². The summed E-state index contributed by atoms with van der Waals surface area (Å²) in [6.45, 7) is -0.222. The zero-order chi connectivity index (χ0) is 7.35. The predicted molar refractivity (Wildman–Crippen MR) is 31.3 cm³/mol. The van der Waals surface area contributed by atoms with Crippen molar-refractivity contribution in [2.75, 3.05) is 6.61 Å². The standard InChI is InChI=1S/C6H10O4/c7-2-3-5(8)6(9)1-4(6)10-3/h3-5,7-9H,1-2H2. The van der Waals surface area contributed by atoms with Crippen LogP contribution in [-0.2, 0) is 4.74 Å². The van der Waals surface area contributed by atoms with Crippen LogP contribution < -0.4 is 0 Å². The van der Waals surface area contributed by atoms with Crippen molar-refractivity contribution in [1.82, 2.24) is 0 Å². The van der Waals surface area contributed by atoms with Crippen LogP contribution in [0.2, 0.25) is 0 Å². The van der Waals surface area contributed by atoms with E-state index in [0.29, 0.717) is 6.42 Å². The van der Waals surface area contributed by atoms with Crippen LogP contribution in [0, 0.1) is 0 Å². The number of hydrogen-bond acceptors (Lipinski definition) is 4. The number of aliphatic hydroxyl groups excluding tert-OH is 2. The zero-order valence-corrected chi connectivity index (χ0v) is 5.40. The number of fused-ring (bicyclic) bond motifs is 1. The molecule has 1 aliphatic carbocycles. The minimum atomic E-state index is -1.03. The molecule has 2 aliphatic rings. The largest absolute Gasteiger partial charge is 0.394 e. The van der Waals surface area contributed by atoms with Gasteiger partial charge in [-0.05, 0) is 0 Å². The highest BCUT2D eigenvalue weighted by Crippen LogP contribution is 2.49. The van der Waals surface area contributed by atoms with E-state index in [0.717, 1.165) is 0 Å². The van der Waals surface area contributed by atoms with Crippen molar-refractivity contribution in [3.8, 4) is 0 Å². The summed E-state index contributed by atoms with van der Waals surface area (Å²) in [6.07, 6.45) is -1.21. The van der Waals surface area contributed by atoms with Crippen LogP contribution >= 0.6 is 0 Å². The molecule has 1 saturated carbocycles. The molecule has 0 spiro atoms. The molecule has 4 nitrogen and oxygen atoms in total. The van der Waals surface area contributed by atoms with Crippen molar-refractivity contribution in [2.45, 2.75) is 30.3 Å². The second kappa shape index (κ2) is 1.71. The van der Waals surface area contributed by atoms with Crippen LogP contribution in [0.25, 0.3) is 0 Å². The van der Waals surface area contributed by atoms with E-state index in [1.807, 2.05) is 0 Å². The third kappa shape index (κ3) is 0.594. The fourth-order valence-corrected chi connectivity index (χ4v) is 1.47. The van der Waals surface area contributed by atoms with Crippen molar-refractivity contribution in [1.29, 1.82) is 0 Å². The fraction of sp³-hybridized carbons (Fsp3) is 1.00. The second-order valence-electron chi connectivity index (χ2n) is 2.99. The fourth-order valence-electron chi connectivity index (χ4n) is 1.47. The third-order valence-corrected chi connectivity index (χ3v) is 2.29. The number of rotatable bonds is 1. The van der Waals surface area contributed by atoms with Gasteiger partial charge in [0.2, 0.25) is 0 Å². The Morgan fingerprint density at radius 3 is 2.60 bits per heavy atom. The summed E-state index contributed by atoms with van der Waals surface area (Å²) in [5, 5.41) is 27.2. The van der Waals surface area contributed by atoms with Gasteiger partial charge in [-0.2, -0.15) is 0 Å². The van der Waals surface area contributed by atoms with E-state index in [1.54, 1.807) is 0 Å². The molecule has 0 amide bonds. The summed E-state index contributed by atoms with van der Waals surface area (Å²) in [6, 6.07) is 0. The lowest BCUT2D eigenvalue weighted by Gasteiger charge is -2.16. The maximum atomic E-state index is 9.35. The molecule has 2 rings (SSSR count). The summed E-state index contributed by atoms with van der Waals surface area (Å²) in [5.74, 6) is 0. The summed E-state index contributed by atoms with van der Waals surface area (Å²) >= 11 is 0. The van der Waals surface area contributed by atoms with Crippen LogP contribution in [0.1, 0.15) is 6.42 Å². The lowest BCUT2D eigenvalue weighted by atomic mass is 10.1. The molecule has 4 heteroatoms. The predicted octanol–water partition coefficient (Wildman–Crippen LogP) is -1.76. The monoisotopic (exact) mass is 146 g/mol. The molecule has 0 aromatic heterocycles. The van der Waals surface area contributed by atoms with Gasteiger partial charge in [0.25, 0.3) is 0 Å². The van der Waals surface area contributed by atoms with E-state index < -0.39 is 17.8 Å². The average molecular weight is 146 g/mol. The van der Waals surface area contributed by atoms with Gasteiger partial charge in [0.1, 0.15) is 17.8 Å². The van der Waals surface area contributed by atoms with Crippen molar-refractivity contribution in [2.24, 2.45) is 0 Å². The number of hydrogen-bond donors (Lipinski definition) is 3. The van der Waals surface area contributed by atoms with Crippen LogP contribution in [0.4, 0.5) is 0 Å². The molecular formula is C6H10O4. The summed E-state index contributed by atoms with van der Waals surface area (Å²) in [4.78, 5) is 0. The Balaban J connectivity index is 2.09. The lowest BCUT2D eigenvalue weighted by Crippen LogP contribution is -2.36. The van der Waals surface area contributed by atoms with Gasteiger partial charge in [-0.1, -0.05) is 0 Å². The first kappa shape index (κ1) is 6.54. The molecular weight excluding hydrogens is 136 g/mol. The van der Waals surface area contributed by atoms with E-state index in [2.05, 4.69) is 0 Å².